The number of rotatable bonds is 4. The fourth-order valence-electron chi connectivity index (χ4n) is 3.39. The first-order valence-corrected chi connectivity index (χ1v) is 8.50. The molecule has 0 bridgehead atoms. The Morgan fingerprint density at radius 2 is 1.88 bits per heavy atom. The van der Waals surface area contributed by atoms with Gasteiger partial charge in [0.05, 0.1) is 11.7 Å². The average molecular weight is 319 g/mol. The summed E-state index contributed by atoms with van der Waals surface area (Å²) in [6.07, 6.45) is 9.42. The lowest BCUT2D eigenvalue weighted by Crippen LogP contribution is -2.33. The molecule has 122 valence electrons. The maximum absolute atomic E-state index is 4.54. The van der Waals surface area contributed by atoms with Crippen LogP contribution >= 0.6 is 0 Å². The first-order chi connectivity index (χ1) is 11.9. The van der Waals surface area contributed by atoms with Gasteiger partial charge in [-0.25, -0.2) is 9.97 Å². The van der Waals surface area contributed by atoms with Crippen LogP contribution in [0.4, 0.5) is 0 Å². The molecule has 1 atom stereocenters. The molecule has 0 aliphatic carbocycles. The van der Waals surface area contributed by atoms with Crippen molar-refractivity contribution < 1.29 is 0 Å². The molecule has 3 aromatic rings. The molecule has 2 aromatic heterocycles. The maximum Gasteiger partial charge on any atom is 0.159 e. The smallest absolute Gasteiger partial charge is 0.159 e. The number of hydrogen-bond acceptors (Lipinski definition) is 4. The Kier molecular flexibility index (Phi) is 4.34. The molecule has 0 radical (unpaired) electrons. The molecule has 0 unspecified atom stereocenters. The topological polar surface area (TPSA) is 57.7 Å². The predicted molar refractivity (Wildman–Crippen MR) is 93.1 cm³/mol. The van der Waals surface area contributed by atoms with Gasteiger partial charge in [0.2, 0.25) is 0 Å². The highest BCUT2D eigenvalue weighted by molar-refractivity contribution is 5.53. The van der Waals surface area contributed by atoms with E-state index in [9.17, 15) is 0 Å². The van der Waals surface area contributed by atoms with Gasteiger partial charge in [0, 0.05) is 36.3 Å². The summed E-state index contributed by atoms with van der Waals surface area (Å²) in [5.74, 6) is 0.781. The number of H-pyrrole nitrogens is 1. The van der Waals surface area contributed by atoms with Crippen molar-refractivity contribution in [3.05, 3.63) is 66.2 Å². The molecule has 1 aromatic carbocycles. The van der Waals surface area contributed by atoms with Crippen molar-refractivity contribution in [2.45, 2.75) is 31.8 Å². The standard InChI is InChI=1S/C19H21N5/c1-2-6-16(7-3-1)19-20-12-15(13-21-19)14-24-11-5-4-8-18(24)17-9-10-22-23-17/h1-3,6-7,9-10,12-13,18H,4-5,8,11,14H2,(H,22,23)/t18-/m0/s1. The van der Waals surface area contributed by atoms with E-state index in [0.717, 1.165) is 30.0 Å². The Morgan fingerprint density at radius 3 is 2.62 bits per heavy atom. The largest absolute Gasteiger partial charge is 0.290 e. The van der Waals surface area contributed by atoms with Crippen LogP contribution in [0.25, 0.3) is 11.4 Å². The van der Waals surface area contributed by atoms with Gasteiger partial charge in [-0.15, -0.1) is 0 Å². The van der Waals surface area contributed by atoms with Gasteiger partial charge < -0.3 is 0 Å². The summed E-state index contributed by atoms with van der Waals surface area (Å²) in [6, 6.07) is 12.6. The SMILES string of the molecule is c1ccc(-c2ncc(CN3CCCC[C@H]3c3ccn[nH]3)cn2)cc1. The first kappa shape index (κ1) is 15.0. The molecule has 5 heteroatoms. The van der Waals surface area contributed by atoms with Crippen LogP contribution in [0.15, 0.2) is 55.0 Å². The van der Waals surface area contributed by atoms with E-state index in [1.807, 2.05) is 48.9 Å². The van der Waals surface area contributed by atoms with Gasteiger partial charge in [-0.3, -0.25) is 10.00 Å². The average Bonchev–Trinajstić information content (AvgIpc) is 3.18. The number of hydrogen-bond donors (Lipinski definition) is 1. The molecular formula is C19H21N5. The van der Waals surface area contributed by atoms with Gasteiger partial charge in [0.1, 0.15) is 0 Å². The molecule has 3 heterocycles. The Balaban J connectivity index is 1.50. The van der Waals surface area contributed by atoms with Crippen molar-refractivity contribution in [3.8, 4) is 11.4 Å². The third-order valence-electron chi connectivity index (χ3n) is 4.62. The molecule has 0 spiro atoms. The van der Waals surface area contributed by atoms with Crippen LogP contribution in [-0.2, 0) is 6.54 Å². The number of piperidine rings is 1. The second-order valence-corrected chi connectivity index (χ2v) is 6.27. The van der Waals surface area contributed by atoms with E-state index in [1.54, 1.807) is 0 Å². The molecule has 1 N–H and O–H groups in total. The van der Waals surface area contributed by atoms with E-state index in [1.165, 1.54) is 25.0 Å². The monoisotopic (exact) mass is 319 g/mol. The van der Waals surface area contributed by atoms with Gasteiger partial charge in [0.25, 0.3) is 0 Å². The predicted octanol–water partition coefficient (Wildman–Crippen LogP) is 3.59. The van der Waals surface area contributed by atoms with Crippen molar-refractivity contribution in [1.82, 2.24) is 25.1 Å². The Morgan fingerprint density at radius 1 is 1.04 bits per heavy atom. The highest BCUT2D eigenvalue weighted by Crippen LogP contribution is 2.30. The number of benzene rings is 1. The van der Waals surface area contributed by atoms with Crippen molar-refractivity contribution in [3.63, 3.8) is 0 Å². The fraction of sp³-hybridized carbons (Fsp3) is 0.316. The molecule has 1 fully saturated rings. The Hall–Kier alpha value is -2.53. The second kappa shape index (κ2) is 6.93. The molecular weight excluding hydrogens is 298 g/mol. The minimum atomic E-state index is 0.412. The number of aromatic amines is 1. The Bertz CT molecular complexity index is 752. The number of aromatic nitrogens is 4. The maximum atomic E-state index is 4.54. The van der Waals surface area contributed by atoms with Crippen LogP contribution in [0.1, 0.15) is 36.6 Å². The van der Waals surface area contributed by atoms with Crippen LogP contribution in [0, 0.1) is 0 Å². The van der Waals surface area contributed by atoms with Crippen molar-refractivity contribution in [2.75, 3.05) is 6.54 Å². The third-order valence-corrected chi connectivity index (χ3v) is 4.62. The summed E-state index contributed by atoms with van der Waals surface area (Å²) >= 11 is 0. The Labute approximate surface area is 141 Å². The number of likely N-dealkylation sites (tertiary alicyclic amines) is 1. The van der Waals surface area contributed by atoms with E-state index < -0.39 is 0 Å². The van der Waals surface area contributed by atoms with Gasteiger partial charge in [-0.1, -0.05) is 36.8 Å². The van der Waals surface area contributed by atoms with Gasteiger partial charge in [0.15, 0.2) is 5.82 Å². The highest BCUT2D eigenvalue weighted by Gasteiger charge is 2.25. The molecule has 24 heavy (non-hydrogen) atoms. The van der Waals surface area contributed by atoms with Crippen molar-refractivity contribution in [1.29, 1.82) is 0 Å². The zero-order valence-electron chi connectivity index (χ0n) is 13.6. The lowest BCUT2D eigenvalue weighted by Gasteiger charge is -2.34. The zero-order valence-corrected chi connectivity index (χ0v) is 13.6. The van der Waals surface area contributed by atoms with Crippen LogP contribution < -0.4 is 0 Å². The third kappa shape index (κ3) is 3.21. The summed E-state index contributed by atoms with van der Waals surface area (Å²) in [4.78, 5) is 11.6. The van der Waals surface area contributed by atoms with E-state index in [2.05, 4.69) is 31.1 Å². The van der Waals surface area contributed by atoms with Crippen LogP contribution in [0.2, 0.25) is 0 Å². The molecule has 4 rings (SSSR count). The zero-order chi connectivity index (χ0) is 16.2. The number of nitrogens with one attached hydrogen (secondary N) is 1. The van der Waals surface area contributed by atoms with Crippen molar-refractivity contribution >= 4 is 0 Å². The van der Waals surface area contributed by atoms with Gasteiger partial charge in [-0.05, 0) is 25.5 Å². The lowest BCUT2D eigenvalue weighted by molar-refractivity contribution is 0.137. The fourth-order valence-corrected chi connectivity index (χ4v) is 3.39. The normalized spacial score (nSPS) is 18.6. The summed E-state index contributed by atoms with van der Waals surface area (Å²) in [6.45, 7) is 1.98. The summed E-state index contributed by atoms with van der Waals surface area (Å²) in [5.41, 5.74) is 3.41. The van der Waals surface area contributed by atoms with Gasteiger partial charge >= 0.3 is 0 Å². The molecule has 0 amide bonds. The van der Waals surface area contributed by atoms with E-state index in [-0.39, 0.29) is 0 Å². The van der Waals surface area contributed by atoms with E-state index in [4.69, 9.17) is 0 Å². The second-order valence-electron chi connectivity index (χ2n) is 6.27. The molecule has 5 nitrogen and oxygen atoms in total. The number of nitrogens with zero attached hydrogens (tertiary/aromatic N) is 4. The summed E-state index contributed by atoms with van der Waals surface area (Å²) in [7, 11) is 0. The van der Waals surface area contributed by atoms with Crippen LogP contribution in [0.3, 0.4) is 0 Å². The first-order valence-electron chi connectivity index (χ1n) is 8.50. The summed E-state index contributed by atoms with van der Waals surface area (Å²) in [5, 5.41) is 7.24. The highest BCUT2D eigenvalue weighted by atomic mass is 15.2. The molecule has 1 saturated heterocycles. The van der Waals surface area contributed by atoms with Crippen molar-refractivity contribution in [2.24, 2.45) is 0 Å². The molecule has 0 saturated carbocycles. The molecule has 1 aliphatic rings. The van der Waals surface area contributed by atoms with Crippen LogP contribution in [0.5, 0.6) is 0 Å². The van der Waals surface area contributed by atoms with Crippen LogP contribution in [-0.4, -0.2) is 31.6 Å². The molecule has 1 aliphatic heterocycles. The minimum absolute atomic E-state index is 0.412. The lowest BCUT2D eigenvalue weighted by atomic mass is 9.99. The quantitative estimate of drug-likeness (QED) is 0.798. The van der Waals surface area contributed by atoms with Gasteiger partial charge in [-0.2, -0.15) is 5.10 Å². The van der Waals surface area contributed by atoms with E-state index >= 15 is 0 Å². The minimum Gasteiger partial charge on any atom is -0.290 e. The summed E-state index contributed by atoms with van der Waals surface area (Å²) < 4.78 is 0. The van der Waals surface area contributed by atoms with E-state index in [0.29, 0.717) is 6.04 Å².